The molecule has 3 aliphatic rings. The van der Waals surface area contributed by atoms with Crippen LogP contribution in [0.3, 0.4) is 0 Å². The van der Waals surface area contributed by atoms with Crippen LogP contribution in [0.1, 0.15) is 19.3 Å². The standard InChI is InChI=1S/C8H10O/c9-8-5-6-1-3-7(8)4-2-6/h1,3,6-7H,2,4-5H2/t6-,7-/m0/s1. The molecule has 3 rings (SSSR count). The molecular weight excluding hydrogens is 112 g/mol. The van der Waals surface area contributed by atoms with E-state index in [4.69, 9.17) is 0 Å². The molecule has 9 heavy (non-hydrogen) atoms. The quantitative estimate of drug-likeness (QED) is 0.445. The van der Waals surface area contributed by atoms with E-state index in [2.05, 4.69) is 12.2 Å². The van der Waals surface area contributed by atoms with Crippen molar-refractivity contribution in [1.82, 2.24) is 0 Å². The second-order valence-electron chi connectivity index (χ2n) is 3.00. The Hall–Kier alpha value is -0.590. The summed E-state index contributed by atoms with van der Waals surface area (Å²) in [4.78, 5) is 11.0. The zero-order chi connectivity index (χ0) is 6.27. The molecule has 0 aromatic heterocycles. The number of ketones is 1. The maximum Gasteiger partial charge on any atom is 0.140 e. The second-order valence-corrected chi connectivity index (χ2v) is 3.00. The Labute approximate surface area is 54.8 Å². The Kier molecular flexibility index (Phi) is 0.981. The summed E-state index contributed by atoms with van der Waals surface area (Å²) in [5, 5.41) is 0. The van der Waals surface area contributed by atoms with E-state index in [-0.39, 0.29) is 0 Å². The molecular formula is C8H10O. The fourth-order valence-corrected chi connectivity index (χ4v) is 1.73. The van der Waals surface area contributed by atoms with Crippen LogP contribution >= 0.6 is 0 Å². The number of fused-ring (bicyclic) bond motifs is 2. The molecule has 0 aromatic rings. The van der Waals surface area contributed by atoms with Crippen LogP contribution in [-0.4, -0.2) is 5.78 Å². The molecule has 48 valence electrons. The Bertz CT molecular complexity index is 169. The van der Waals surface area contributed by atoms with Crippen LogP contribution in [-0.2, 0) is 4.79 Å². The molecule has 1 fully saturated rings. The van der Waals surface area contributed by atoms with Crippen molar-refractivity contribution in [3.8, 4) is 0 Å². The maximum atomic E-state index is 11.0. The Morgan fingerprint density at radius 3 is 2.44 bits per heavy atom. The van der Waals surface area contributed by atoms with E-state index >= 15 is 0 Å². The molecule has 0 amide bonds. The first-order valence-corrected chi connectivity index (χ1v) is 3.57. The van der Waals surface area contributed by atoms with E-state index in [0.717, 1.165) is 12.8 Å². The fourth-order valence-electron chi connectivity index (χ4n) is 1.73. The molecule has 0 spiro atoms. The minimum absolute atomic E-state index is 0.301. The van der Waals surface area contributed by atoms with E-state index in [1.807, 2.05) is 0 Å². The Balaban J connectivity index is 2.29. The molecule has 2 atom stereocenters. The third-order valence-corrected chi connectivity index (χ3v) is 2.34. The second kappa shape index (κ2) is 1.69. The molecule has 3 aliphatic carbocycles. The van der Waals surface area contributed by atoms with Crippen LogP contribution in [0, 0.1) is 11.8 Å². The summed E-state index contributed by atoms with van der Waals surface area (Å²) in [6, 6.07) is 0. The zero-order valence-electron chi connectivity index (χ0n) is 5.34. The molecule has 0 saturated heterocycles. The third kappa shape index (κ3) is 0.716. The number of rotatable bonds is 0. The molecule has 0 N–H and O–H groups in total. The van der Waals surface area contributed by atoms with Gasteiger partial charge in [-0.1, -0.05) is 12.2 Å². The molecule has 0 aliphatic heterocycles. The van der Waals surface area contributed by atoms with Gasteiger partial charge in [-0.2, -0.15) is 0 Å². The highest BCUT2D eigenvalue weighted by molar-refractivity contribution is 5.84. The van der Waals surface area contributed by atoms with Crippen LogP contribution in [0.25, 0.3) is 0 Å². The lowest BCUT2D eigenvalue weighted by atomic mass is 9.75. The monoisotopic (exact) mass is 122 g/mol. The van der Waals surface area contributed by atoms with Gasteiger partial charge in [0.2, 0.25) is 0 Å². The summed E-state index contributed by atoms with van der Waals surface area (Å²) < 4.78 is 0. The lowest BCUT2D eigenvalue weighted by Crippen LogP contribution is -2.26. The predicted octanol–water partition coefficient (Wildman–Crippen LogP) is 1.54. The van der Waals surface area contributed by atoms with Crippen LogP contribution in [0.15, 0.2) is 12.2 Å². The van der Waals surface area contributed by atoms with Gasteiger partial charge in [0, 0.05) is 12.3 Å². The van der Waals surface area contributed by atoms with Crippen molar-refractivity contribution in [1.29, 1.82) is 0 Å². The van der Waals surface area contributed by atoms with Crippen molar-refractivity contribution in [3.63, 3.8) is 0 Å². The SMILES string of the molecule is O=C1C[C@H]2C=C[C@H]1CC2. The third-order valence-electron chi connectivity index (χ3n) is 2.34. The number of hydrogen-bond donors (Lipinski definition) is 0. The van der Waals surface area contributed by atoms with Crippen molar-refractivity contribution in [2.45, 2.75) is 19.3 Å². The lowest BCUT2D eigenvalue weighted by molar-refractivity contribution is -0.124. The number of carbonyl (C=O) groups is 1. The molecule has 1 heteroatoms. The van der Waals surface area contributed by atoms with Crippen LogP contribution in [0.4, 0.5) is 0 Å². The molecule has 0 heterocycles. The number of carbonyl (C=O) groups excluding carboxylic acids is 1. The highest BCUT2D eigenvalue weighted by atomic mass is 16.1. The smallest absolute Gasteiger partial charge is 0.140 e. The first-order valence-electron chi connectivity index (χ1n) is 3.57. The van der Waals surface area contributed by atoms with Gasteiger partial charge < -0.3 is 0 Å². The minimum atomic E-state index is 0.301. The number of Topliss-reactive ketones (excluding diaryl/α,β-unsaturated/α-hetero) is 1. The van der Waals surface area contributed by atoms with E-state index in [1.54, 1.807) is 0 Å². The summed E-state index contributed by atoms with van der Waals surface area (Å²) >= 11 is 0. The Morgan fingerprint density at radius 2 is 2.22 bits per heavy atom. The van der Waals surface area contributed by atoms with Gasteiger partial charge in [-0.3, -0.25) is 4.79 Å². The van der Waals surface area contributed by atoms with E-state index in [0.29, 0.717) is 17.6 Å². The summed E-state index contributed by atoms with van der Waals surface area (Å²) in [7, 11) is 0. The van der Waals surface area contributed by atoms with Crippen molar-refractivity contribution in [2.75, 3.05) is 0 Å². The molecule has 0 unspecified atom stereocenters. The average Bonchev–Trinajstić information content (AvgIpc) is 1.90. The maximum absolute atomic E-state index is 11.0. The predicted molar refractivity (Wildman–Crippen MR) is 35.0 cm³/mol. The van der Waals surface area contributed by atoms with Crippen molar-refractivity contribution >= 4 is 5.78 Å². The zero-order valence-corrected chi connectivity index (χ0v) is 5.34. The van der Waals surface area contributed by atoms with Crippen LogP contribution in [0.2, 0.25) is 0 Å². The largest absolute Gasteiger partial charge is 0.299 e. The highest BCUT2D eigenvalue weighted by Crippen LogP contribution is 2.32. The summed E-state index contributed by atoms with van der Waals surface area (Å²) in [6.07, 6.45) is 7.46. The Morgan fingerprint density at radius 1 is 1.33 bits per heavy atom. The van der Waals surface area contributed by atoms with Gasteiger partial charge in [0.05, 0.1) is 0 Å². The number of hydrogen-bond acceptors (Lipinski definition) is 1. The lowest BCUT2D eigenvalue weighted by Gasteiger charge is -2.28. The van der Waals surface area contributed by atoms with Crippen LogP contribution in [0.5, 0.6) is 0 Å². The van der Waals surface area contributed by atoms with Gasteiger partial charge in [-0.15, -0.1) is 0 Å². The topological polar surface area (TPSA) is 17.1 Å². The first kappa shape index (κ1) is 5.21. The van der Waals surface area contributed by atoms with Crippen molar-refractivity contribution in [2.24, 2.45) is 11.8 Å². The molecule has 0 aromatic carbocycles. The van der Waals surface area contributed by atoms with Gasteiger partial charge in [0.25, 0.3) is 0 Å². The van der Waals surface area contributed by atoms with E-state index < -0.39 is 0 Å². The summed E-state index contributed by atoms with van der Waals surface area (Å²) in [6.45, 7) is 0. The number of allylic oxidation sites excluding steroid dienone is 2. The van der Waals surface area contributed by atoms with Crippen molar-refractivity contribution in [3.05, 3.63) is 12.2 Å². The highest BCUT2D eigenvalue weighted by Gasteiger charge is 2.29. The van der Waals surface area contributed by atoms with E-state index in [1.165, 1.54) is 6.42 Å². The normalized spacial score (nSPS) is 39.8. The van der Waals surface area contributed by atoms with Gasteiger partial charge >= 0.3 is 0 Å². The average molecular weight is 122 g/mol. The van der Waals surface area contributed by atoms with Crippen molar-refractivity contribution < 1.29 is 4.79 Å². The summed E-state index contributed by atoms with van der Waals surface area (Å²) in [5.41, 5.74) is 0. The fraction of sp³-hybridized carbons (Fsp3) is 0.625. The van der Waals surface area contributed by atoms with Crippen LogP contribution < -0.4 is 0 Å². The molecule has 2 bridgehead atoms. The van der Waals surface area contributed by atoms with Gasteiger partial charge in [-0.05, 0) is 18.8 Å². The minimum Gasteiger partial charge on any atom is -0.299 e. The van der Waals surface area contributed by atoms with Gasteiger partial charge in [0.1, 0.15) is 5.78 Å². The molecule has 0 radical (unpaired) electrons. The first-order chi connectivity index (χ1) is 4.36. The van der Waals surface area contributed by atoms with E-state index in [9.17, 15) is 4.79 Å². The molecule has 1 nitrogen and oxygen atoms in total. The van der Waals surface area contributed by atoms with Gasteiger partial charge in [-0.25, -0.2) is 0 Å². The molecule has 1 saturated carbocycles. The summed E-state index contributed by atoms with van der Waals surface area (Å²) in [5.74, 6) is 1.37. The van der Waals surface area contributed by atoms with Gasteiger partial charge in [0.15, 0.2) is 0 Å².